The number of amides is 1. The molecule has 0 aliphatic heterocycles. The van der Waals surface area contributed by atoms with Gasteiger partial charge in [0.05, 0.1) is 6.04 Å². The molecule has 0 spiro atoms. The molecule has 0 radical (unpaired) electrons. The Balaban J connectivity index is 2.29. The number of carbonyl (C=O) groups is 1. The van der Waals surface area contributed by atoms with Crippen LogP contribution in [0.15, 0.2) is 0 Å². The normalized spacial score (nSPS) is 25.1. The third-order valence-electron chi connectivity index (χ3n) is 3.52. The molecule has 18 heavy (non-hydrogen) atoms. The summed E-state index contributed by atoms with van der Waals surface area (Å²) in [6, 6.07) is 0.451. The Bertz CT molecular complexity index is 248. The summed E-state index contributed by atoms with van der Waals surface area (Å²) in [5, 5.41) is 7.20. The molecule has 0 heterocycles. The Morgan fingerprint density at radius 2 is 2.17 bits per heavy atom. The highest BCUT2D eigenvalue weighted by Crippen LogP contribution is 2.30. The van der Waals surface area contributed by atoms with Crippen molar-refractivity contribution in [3.05, 3.63) is 0 Å². The van der Waals surface area contributed by atoms with Gasteiger partial charge in [0.15, 0.2) is 0 Å². The van der Waals surface area contributed by atoms with Crippen LogP contribution in [-0.4, -0.2) is 35.5 Å². The Morgan fingerprint density at radius 1 is 1.39 bits per heavy atom. The molecule has 3 unspecified atom stereocenters. The molecular weight excluding hydrogens is 244 g/mol. The highest BCUT2D eigenvalue weighted by atomic mass is 32.2. The van der Waals surface area contributed by atoms with Gasteiger partial charge in [-0.15, -0.1) is 0 Å². The van der Waals surface area contributed by atoms with Crippen LogP contribution in [0.4, 0.5) is 0 Å². The summed E-state index contributed by atoms with van der Waals surface area (Å²) in [5.74, 6) is 1.32. The molecular formula is C14H28N2OS. The minimum absolute atomic E-state index is 0.0649. The molecule has 0 aromatic heterocycles. The van der Waals surface area contributed by atoms with E-state index >= 15 is 0 Å². The zero-order valence-electron chi connectivity index (χ0n) is 12.0. The summed E-state index contributed by atoms with van der Waals surface area (Å²) in [4.78, 5) is 11.9. The third kappa shape index (κ3) is 5.19. The van der Waals surface area contributed by atoms with Crippen molar-refractivity contribution in [3.63, 3.8) is 0 Å². The summed E-state index contributed by atoms with van der Waals surface area (Å²) >= 11 is 2.03. The molecule has 0 saturated heterocycles. The first-order chi connectivity index (χ1) is 8.69. The maximum Gasteiger partial charge on any atom is 0.236 e. The fourth-order valence-electron chi connectivity index (χ4n) is 2.47. The fourth-order valence-corrected chi connectivity index (χ4v) is 3.68. The fraction of sp³-hybridized carbons (Fsp3) is 0.929. The van der Waals surface area contributed by atoms with Crippen molar-refractivity contribution < 1.29 is 4.79 Å². The van der Waals surface area contributed by atoms with Gasteiger partial charge in [-0.2, -0.15) is 11.8 Å². The molecule has 3 atom stereocenters. The van der Waals surface area contributed by atoms with Crippen LogP contribution < -0.4 is 10.6 Å². The molecule has 1 aliphatic carbocycles. The number of carbonyl (C=O) groups excluding carboxylic acids is 1. The number of rotatable bonds is 8. The zero-order valence-corrected chi connectivity index (χ0v) is 12.8. The molecule has 0 aromatic rings. The Morgan fingerprint density at radius 3 is 2.83 bits per heavy atom. The van der Waals surface area contributed by atoms with Crippen LogP contribution in [0.3, 0.4) is 0 Å². The first-order valence-corrected chi connectivity index (χ1v) is 8.39. The predicted molar refractivity (Wildman–Crippen MR) is 80.1 cm³/mol. The Labute approximate surface area is 116 Å². The monoisotopic (exact) mass is 272 g/mol. The van der Waals surface area contributed by atoms with Crippen LogP contribution in [0, 0.1) is 0 Å². The number of hydrogen-bond donors (Lipinski definition) is 2. The Kier molecular flexibility index (Phi) is 7.75. The van der Waals surface area contributed by atoms with Crippen LogP contribution in [0.2, 0.25) is 0 Å². The number of hydrogen-bond acceptors (Lipinski definition) is 3. The smallest absolute Gasteiger partial charge is 0.236 e. The molecule has 4 heteroatoms. The number of thioether (sulfide) groups is 1. The third-order valence-corrected chi connectivity index (χ3v) is 4.85. The van der Waals surface area contributed by atoms with Crippen LogP contribution in [0.25, 0.3) is 0 Å². The van der Waals surface area contributed by atoms with Gasteiger partial charge in [0.1, 0.15) is 0 Å². The average molecular weight is 272 g/mol. The predicted octanol–water partition coefficient (Wildman–Crippen LogP) is 2.55. The van der Waals surface area contributed by atoms with Crippen LogP contribution in [0.1, 0.15) is 52.9 Å². The molecule has 1 fully saturated rings. The van der Waals surface area contributed by atoms with Gasteiger partial charge in [-0.3, -0.25) is 4.79 Å². The van der Waals surface area contributed by atoms with E-state index in [9.17, 15) is 4.79 Å². The second kappa shape index (κ2) is 8.81. The number of unbranched alkanes of at least 4 members (excludes halogenated alkanes) is 1. The van der Waals surface area contributed by atoms with E-state index in [2.05, 4.69) is 24.5 Å². The lowest BCUT2D eigenvalue weighted by Crippen LogP contribution is -2.48. The largest absolute Gasteiger partial charge is 0.355 e. The molecule has 1 rings (SSSR count). The minimum Gasteiger partial charge on any atom is -0.355 e. The van der Waals surface area contributed by atoms with Gasteiger partial charge in [-0.25, -0.2) is 0 Å². The molecule has 0 bridgehead atoms. The van der Waals surface area contributed by atoms with E-state index in [0.29, 0.717) is 11.3 Å². The van der Waals surface area contributed by atoms with Crippen LogP contribution in [0.5, 0.6) is 0 Å². The minimum atomic E-state index is -0.0649. The van der Waals surface area contributed by atoms with Crippen LogP contribution in [-0.2, 0) is 4.79 Å². The highest BCUT2D eigenvalue weighted by Gasteiger charge is 2.29. The quantitative estimate of drug-likeness (QED) is 0.667. The van der Waals surface area contributed by atoms with E-state index in [1.807, 2.05) is 18.7 Å². The molecule has 3 nitrogen and oxygen atoms in total. The van der Waals surface area contributed by atoms with Gasteiger partial charge in [0.2, 0.25) is 5.91 Å². The van der Waals surface area contributed by atoms with Crippen molar-refractivity contribution in [2.75, 3.05) is 12.3 Å². The van der Waals surface area contributed by atoms with E-state index in [-0.39, 0.29) is 11.9 Å². The molecule has 0 aromatic carbocycles. The van der Waals surface area contributed by atoms with E-state index in [0.717, 1.165) is 19.4 Å². The molecule has 106 valence electrons. The second-order valence-electron chi connectivity index (χ2n) is 5.06. The van der Waals surface area contributed by atoms with Crippen molar-refractivity contribution in [1.82, 2.24) is 10.6 Å². The van der Waals surface area contributed by atoms with E-state index in [4.69, 9.17) is 0 Å². The molecule has 1 amide bonds. The van der Waals surface area contributed by atoms with E-state index < -0.39 is 0 Å². The average Bonchev–Trinajstić information content (AvgIpc) is 2.77. The lowest BCUT2D eigenvalue weighted by molar-refractivity contribution is -0.122. The second-order valence-corrected chi connectivity index (χ2v) is 6.58. The maximum absolute atomic E-state index is 11.9. The Hall–Kier alpha value is -0.220. The lowest BCUT2D eigenvalue weighted by Gasteiger charge is -2.24. The molecule has 1 saturated carbocycles. The van der Waals surface area contributed by atoms with Crippen molar-refractivity contribution in [2.45, 2.75) is 70.2 Å². The van der Waals surface area contributed by atoms with Crippen molar-refractivity contribution >= 4 is 17.7 Å². The summed E-state index contributed by atoms with van der Waals surface area (Å²) in [5.41, 5.74) is 0. The molecule has 2 N–H and O–H groups in total. The van der Waals surface area contributed by atoms with Gasteiger partial charge in [0, 0.05) is 17.8 Å². The number of nitrogens with one attached hydrogen (secondary N) is 2. The summed E-state index contributed by atoms with van der Waals surface area (Å²) < 4.78 is 0. The van der Waals surface area contributed by atoms with Gasteiger partial charge >= 0.3 is 0 Å². The summed E-state index contributed by atoms with van der Waals surface area (Å²) in [6.07, 6.45) is 5.99. The maximum atomic E-state index is 11.9. The lowest BCUT2D eigenvalue weighted by atomic mass is 10.2. The van der Waals surface area contributed by atoms with Crippen molar-refractivity contribution in [1.29, 1.82) is 0 Å². The standard InChI is InChI=1S/C14H28N2OS/c1-4-6-10-15-14(17)11(3)16-12-8-7-9-13(12)18-5-2/h11-13,16H,4-10H2,1-3H3,(H,15,17). The van der Waals surface area contributed by atoms with E-state index in [1.54, 1.807) is 0 Å². The first-order valence-electron chi connectivity index (χ1n) is 7.34. The van der Waals surface area contributed by atoms with E-state index in [1.165, 1.54) is 25.0 Å². The van der Waals surface area contributed by atoms with Gasteiger partial charge in [-0.05, 0) is 31.9 Å². The van der Waals surface area contributed by atoms with Crippen LogP contribution >= 0.6 is 11.8 Å². The van der Waals surface area contributed by atoms with Gasteiger partial charge in [-0.1, -0.05) is 26.7 Å². The topological polar surface area (TPSA) is 41.1 Å². The SMILES string of the molecule is CCCCNC(=O)C(C)NC1CCCC1SCC. The summed E-state index contributed by atoms with van der Waals surface area (Å²) in [6.45, 7) is 7.13. The van der Waals surface area contributed by atoms with Crippen molar-refractivity contribution in [3.8, 4) is 0 Å². The van der Waals surface area contributed by atoms with Gasteiger partial charge in [0.25, 0.3) is 0 Å². The first kappa shape index (κ1) is 15.8. The summed E-state index contributed by atoms with van der Waals surface area (Å²) in [7, 11) is 0. The highest BCUT2D eigenvalue weighted by molar-refractivity contribution is 7.99. The zero-order chi connectivity index (χ0) is 13.4. The molecule has 1 aliphatic rings. The van der Waals surface area contributed by atoms with Crippen molar-refractivity contribution in [2.24, 2.45) is 0 Å². The van der Waals surface area contributed by atoms with Gasteiger partial charge < -0.3 is 10.6 Å².